The average Bonchev–Trinajstić information content (AvgIpc) is 2.86. The van der Waals surface area contributed by atoms with Gasteiger partial charge in [-0.1, -0.05) is 24.0 Å². The third-order valence-corrected chi connectivity index (χ3v) is 3.15. The van der Waals surface area contributed by atoms with E-state index in [0.29, 0.717) is 11.7 Å². The van der Waals surface area contributed by atoms with E-state index in [1.54, 1.807) is 6.92 Å². The van der Waals surface area contributed by atoms with Crippen molar-refractivity contribution in [3.8, 4) is 23.1 Å². The summed E-state index contributed by atoms with van der Waals surface area (Å²) in [5, 5.41) is 2.47. The van der Waals surface area contributed by atoms with Crippen molar-refractivity contribution < 1.29 is 9.53 Å². The summed E-state index contributed by atoms with van der Waals surface area (Å²) in [5.74, 6) is 5.42. The Bertz CT molecular complexity index is 651. The maximum Gasteiger partial charge on any atom is 0.317 e. The molecular formula is C15H14N2O2S. The smallest absolute Gasteiger partial charge is 0.317 e. The maximum absolute atomic E-state index is 11.1. The van der Waals surface area contributed by atoms with Gasteiger partial charge in [0.25, 0.3) is 0 Å². The highest BCUT2D eigenvalue weighted by Crippen LogP contribution is 2.23. The third kappa shape index (κ3) is 3.84. The van der Waals surface area contributed by atoms with Gasteiger partial charge in [0.05, 0.1) is 12.3 Å². The van der Waals surface area contributed by atoms with Crippen LogP contribution in [0.15, 0.2) is 29.6 Å². The molecule has 2 N–H and O–H groups in total. The first-order valence-electron chi connectivity index (χ1n) is 6.15. The van der Waals surface area contributed by atoms with E-state index in [-0.39, 0.29) is 12.4 Å². The normalized spacial score (nSPS) is 9.65. The Balaban J connectivity index is 2.02. The quantitative estimate of drug-likeness (QED) is 0.696. The largest absolute Gasteiger partial charge is 0.465 e. The van der Waals surface area contributed by atoms with Crippen LogP contribution < -0.4 is 5.73 Å². The summed E-state index contributed by atoms with van der Waals surface area (Å²) < 4.78 is 4.80. The molecule has 0 radical (unpaired) electrons. The van der Waals surface area contributed by atoms with Gasteiger partial charge < -0.3 is 10.5 Å². The average molecular weight is 286 g/mol. The van der Waals surface area contributed by atoms with Gasteiger partial charge in [0.1, 0.15) is 6.42 Å². The highest BCUT2D eigenvalue weighted by molar-refractivity contribution is 7.13. The molecule has 0 unspecified atom stereocenters. The summed E-state index contributed by atoms with van der Waals surface area (Å²) in [6, 6.07) is 7.65. The molecule has 1 aromatic carbocycles. The number of ether oxygens (including phenoxy) is 1. The van der Waals surface area contributed by atoms with E-state index in [9.17, 15) is 4.79 Å². The lowest BCUT2D eigenvalue weighted by Crippen LogP contribution is -2.01. The molecule has 0 atom stereocenters. The second kappa shape index (κ2) is 6.73. The van der Waals surface area contributed by atoms with Crippen LogP contribution in [0.5, 0.6) is 0 Å². The molecule has 4 nitrogen and oxygen atoms in total. The predicted molar refractivity (Wildman–Crippen MR) is 80.1 cm³/mol. The summed E-state index contributed by atoms with van der Waals surface area (Å²) in [4.78, 5) is 15.3. The van der Waals surface area contributed by atoms with Crippen molar-refractivity contribution in [2.45, 2.75) is 13.3 Å². The Hall–Kier alpha value is -2.32. The number of hydrogen-bond donors (Lipinski definition) is 1. The van der Waals surface area contributed by atoms with Gasteiger partial charge in [-0.15, -0.1) is 11.3 Å². The number of carbonyl (C=O) groups is 1. The molecule has 5 heteroatoms. The molecule has 0 amide bonds. The van der Waals surface area contributed by atoms with Gasteiger partial charge in [0.15, 0.2) is 5.13 Å². The lowest BCUT2D eigenvalue weighted by molar-refractivity contribution is -0.141. The molecule has 1 aromatic heterocycles. The summed E-state index contributed by atoms with van der Waals surface area (Å²) in [6.45, 7) is 2.15. The monoisotopic (exact) mass is 286 g/mol. The first-order valence-corrected chi connectivity index (χ1v) is 7.03. The number of nitrogens with two attached hydrogens (primary N) is 1. The molecular weight excluding hydrogens is 272 g/mol. The van der Waals surface area contributed by atoms with Crippen molar-refractivity contribution in [2.75, 3.05) is 12.3 Å². The first kappa shape index (κ1) is 14.1. The number of thiazole rings is 1. The number of anilines is 1. The van der Waals surface area contributed by atoms with Crippen LogP contribution in [-0.2, 0) is 9.53 Å². The Morgan fingerprint density at radius 1 is 1.40 bits per heavy atom. The zero-order valence-corrected chi connectivity index (χ0v) is 11.9. The van der Waals surface area contributed by atoms with E-state index >= 15 is 0 Å². The number of carbonyl (C=O) groups excluding carboxylic acids is 1. The molecule has 0 saturated heterocycles. The fourth-order valence-electron chi connectivity index (χ4n) is 1.57. The van der Waals surface area contributed by atoms with Crippen LogP contribution in [0.1, 0.15) is 18.9 Å². The van der Waals surface area contributed by atoms with Crippen molar-refractivity contribution in [3.63, 3.8) is 0 Å². The maximum atomic E-state index is 11.1. The number of hydrogen-bond acceptors (Lipinski definition) is 5. The molecule has 0 aliphatic rings. The molecule has 0 saturated carbocycles. The van der Waals surface area contributed by atoms with Gasteiger partial charge in [-0.2, -0.15) is 0 Å². The minimum absolute atomic E-state index is 0.109. The molecule has 2 aromatic rings. The van der Waals surface area contributed by atoms with E-state index in [2.05, 4.69) is 16.8 Å². The number of nitrogens with zero attached hydrogens (tertiary/aromatic N) is 1. The van der Waals surface area contributed by atoms with Gasteiger partial charge in [-0.05, 0) is 19.1 Å². The molecule has 0 aliphatic heterocycles. The fourth-order valence-corrected chi connectivity index (χ4v) is 2.15. The number of aromatic nitrogens is 1. The van der Waals surface area contributed by atoms with Crippen LogP contribution in [0.25, 0.3) is 11.3 Å². The van der Waals surface area contributed by atoms with Gasteiger partial charge in [0.2, 0.25) is 0 Å². The van der Waals surface area contributed by atoms with Crippen molar-refractivity contribution >= 4 is 22.4 Å². The van der Waals surface area contributed by atoms with E-state index in [1.807, 2.05) is 29.6 Å². The molecule has 0 bridgehead atoms. The fraction of sp³-hybridized carbons (Fsp3) is 0.200. The van der Waals surface area contributed by atoms with E-state index in [0.717, 1.165) is 16.8 Å². The second-order valence-electron chi connectivity index (χ2n) is 3.93. The van der Waals surface area contributed by atoms with Crippen molar-refractivity contribution in [2.24, 2.45) is 0 Å². The Morgan fingerprint density at radius 2 is 2.15 bits per heavy atom. The molecule has 102 valence electrons. The summed E-state index contributed by atoms with van der Waals surface area (Å²) in [7, 11) is 0. The van der Waals surface area contributed by atoms with Gasteiger partial charge in [-0.25, -0.2) is 4.98 Å². The minimum Gasteiger partial charge on any atom is -0.465 e. The zero-order valence-electron chi connectivity index (χ0n) is 11.1. The lowest BCUT2D eigenvalue weighted by atomic mass is 10.1. The summed E-state index contributed by atoms with van der Waals surface area (Å²) in [5.41, 5.74) is 8.31. The van der Waals surface area contributed by atoms with Crippen molar-refractivity contribution in [3.05, 3.63) is 35.2 Å². The molecule has 0 fully saturated rings. The highest BCUT2D eigenvalue weighted by atomic mass is 32.1. The van der Waals surface area contributed by atoms with Crippen LogP contribution >= 0.6 is 11.3 Å². The molecule has 0 spiro atoms. The third-order valence-electron chi connectivity index (χ3n) is 2.47. The van der Waals surface area contributed by atoms with Gasteiger partial charge in [-0.3, -0.25) is 4.79 Å². The Kier molecular flexibility index (Phi) is 4.75. The number of rotatable bonds is 3. The first-order chi connectivity index (χ1) is 9.69. The van der Waals surface area contributed by atoms with E-state index in [4.69, 9.17) is 10.5 Å². The van der Waals surface area contributed by atoms with Crippen LogP contribution in [0, 0.1) is 11.8 Å². The lowest BCUT2D eigenvalue weighted by Gasteiger charge is -1.97. The topological polar surface area (TPSA) is 65.2 Å². The molecule has 2 rings (SSSR count). The van der Waals surface area contributed by atoms with Gasteiger partial charge >= 0.3 is 5.97 Å². The van der Waals surface area contributed by atoms with Crippen LogP contribution in [0.4, 0.5) is 5.13 Å². The number of esters is 1. The van der Waals surface area contributed by atoms with Crippen LogP contribution in [0.2, 0.25) is 0 Å². The molecule has 1 heterocycles. The standard InChI is InChI=1S/C15H14N2O2S/c1-2-19-14(18)5-3-4-11-6-8-12(9-7-11)13-10-20-15(16)17-13/h6-10H,2,5H2,1H3,(H2,16,17). The summed E-state index contributed by atoms with van der Waals surface area (Å²) in [6.07, 6.45) is 0.109. The zero-order chi connectivity index (χ0) is 14.4. The second-order valence-corrected chi connectivity index (χ2v) is 4.82. The van der Waals surface area contributed by atoms with Crippen molar-refractivity contribution in [1.29, 1.82) is 0 Å². The minimum atomic E-state index is -0.297. The van der Waals surface area contributed by atoms with Crippen LogP contribution in [0.3, 0.4) is 0 Å². The summed E-state index contributed by atoms with van der Waals surface area (Å²) >= 11 is 1.41. The predicted octanol–water partition coefficient (Wildman–Crippen LogP) is 2.70. The van der Waals surface area contributed by atoms with E-state index < -0.39 is 0 Å². The number of benzene rings is 1. The highest BCUT2D eigenvalue weighted by Gasteiger charge is 2.01. The SMILES string of the molecule is CCOC(=O)CC#Cc1ccc(-c2csc(N)n2)cc1. The molecule has 0 aliphatic carbocycles. The Morgan fingerprint density at radius 3 is 2.75 bits per heavy atom. The Labute approximate surface area is 121 Å². The van der Waals surface area contributed by atoms with Crippen molar-refractivity contribution in [1.82, 2.24) is 4.98 Å². The van der Waals surface area contributed by atoms with Crippen LogP contribution in [-0.4, -0.2) is 17.6 Å². The molecule has 20 heavy (non-hydrogen) atoms. The number of nitrogen functional groups attached to an aromatic ring is 1. The van der Waals surface area contributed by atoms with E-state index in [1.165, 1.54) is 11.3 Å². The van der Waals surface area contributed by atoms with Gasteiger partial charge in [0, 0.05) is 16.5 Å².